The number of rotatable bonds is 2. The topological polar surface area (TPSA) is 44.5 Å². The number of aromatic nitrogens is 1. The zero-order valence-electron chi connectivity index (χ0n) is 14.4. The van der Waals surface area contributed by atoms with Crippen LogP contribution in [0, 0.1) is 0 Å². The summed E-state index contributed by atoms with van der Waals surface area (Å²) in [6.07, 6.45) is 0. The number of benzene rings is 2. The molecule has 4 nitrogen and oxygen atoms in total. The van der Waals surface area contributed by atoms with Gasteiger partial charge in [0.15, 0.2) is 5.58 Å². The van der Waals surface area contributed by atoms with Gasteiger partial charge in [-0.3, -0.25) is 0 Å². The highest BCUT2D eigenvalue weighted by Gasteiger charge is 2.52. The lowest BCUT2D eigenvalue weighted by molar-refractivity contribution is 0.00578. The van der Waals surface area contributed by atoms with Gasteiger partial charge in [-0.15, -0.1) is 0 Å². The summed E-state index contributed by atoms with van der Waals surface area (Å²) in [4.78, 5) is 4.61. The molecule has 0 unspecified atom stereocenters. The summed E-state index contributed by atoms with van der Waals surface area (Å²) >= 11 is 0. The Balaban J connectivity index is 1.79. The molecular weight excluding hydrogens is 301 g/mol. The van der Waals surface area contributed by atoms with Crippen molar-refractivity contribution in [2.75, 3.05) is 0 Å². The lowest BCUT2D eigenvalue weighted by atomic mass is 9.76. The Bertz CT molecular complexity index is 851. The van der Waals surface area contributed by atoms with Crippen LogP contribution < -0.4 is 5.46 Å². The van der Waals surface area contributed by atoms with Gasteiger partial charge in [0.25, 0.3) is 0 Å². The van der Waals surface area contributed by atoms with E-state index in [1.807, 2.05) is 48.5 Å². The molecule has 1 aliphatic heterocycles. The summed E-state index contributed by atoms with van der Waals surface area (Å²) in [5.74, 6) is 0.585. The Morgan fingerprint density at radius 3 is 2.17 bits per heavy atom. The first-order valence-electron chi connectivity index (χ1n) is 8.18. The van der Waals surface area contributed by atoms with E-state index >= 15 is 0 Å². The predicted octanol–water partition coefficient (Wildman–Crippen LogP) is 3.79. The molecule has 2 aromatic carbocycles. The third-order valence-electron chi connectivity index (χ3n) is 4.99. The summed E-state index contributed by atoms with van der Waals surface area (Å²) in [7, 11) is -0.443. The fraction of sp³-hybridized carbons (Fsp3) is 0.316. The second kappa shape index (κ2) is 5.20. The van der Waals surface area contributed by atoms with Gasteiger partial charge in [0.2, 0.25) is 5.89 Å². The lowest BCUT2D eigenvalue weighted by Gasteiger charge is -2.32. The van der Waals surface area contributed by atoms with Gasteiger partial charge in [0.1, 0.15) is 5.52 Å². The molecule has 0 aliphatic carbocycles. The first kappa shape index (κ1) is 15.4. The molecule has 0 bridgehead atoms. The van der Waals surface area contributed by atoms with E-state index in [1.165, 1.54) is 0 Å². The third kappa shape index (κ3) is 2.36. The van der Waals surface area contributed by atoms with Gasteiger partial charge in [0.05, 0.1) is 11.2 Å². The number of para-hydroxylation sites is 2. The maximum absolute atomic E-state index is 6.19. The van der Waals surface area contributed by atoms with Crippen LogP contribution in [0.5, 0.6) is 0 Å². The van der Waals surface area contributed by atoms with Gasteiger partial charge >= 0.3 is 7.12 Å². The number of nitrogens with zero attached hydrogens (tertiary/aromatic N) is 1. The minimum atomic E-state index is -0.443. The third-order valence-corrected chi connectivity index (χ3v) is 4.99. The summed E-state index contributed by atoms with van der Waals surface area (Å²) in [6, 6.07) is 15.7. The van der Waals surface area contributed by atoms with Crippen LogP contribution in [0.4, 0.5) is 0 Å². The summed E-state index contributed by atoms with van der Waals surface area (Å²) in [6.45, 7) is 8.20. The maximum Gasteiger partial charge on any atom is 0.495 e. The Kier molecular flexibility index (Phi) is 3.34. The van der Waals surface area contributed by atoms with Crippen LogP contribution in [0.1, 0.15) is 27.7 Å². The van der Waals surface area contributed by atoms with Crippen LogP contribution in [0.15, 0.2) is 52.9 Å². The second-order valence-corrected chi connectivity index (χ2v) is 7.16. The van der Waals surface area contributed by atoms with Crippen molar-refractivity contribution in [3.8, 4) is 11.5 Å². The minimum Gasteiger partial charge on any atom is -0.436 e. The van der Waals surface area contributed by atoms with E-state index in [2.05, 4.69) is 32.7 Å². The lowest BCUT2D eigenvalue weighted by Crippen LogP contribution is -2.41. The zero-order chi connectivity index (χ0) is 16.9. The molecule has 122 valence electrons. The fourth-order valence-electron chi connectivity index (χ4n) is 2.85. The van der Waals surface area contributed by atoms with E-state index in [9.17, 15) is 0 Å². The van der Waals surface area contributed by atoms with Gasteiger partial charge in [-0.1, -0.05) is 30.3 Å². The number of hydrogen-bond acceptors (Lipinski definition) is 4. The summed E-state index contributed by atoms with van der Waals surface area (Å²) < 4.78 is 18.3. The molecule has 1 aliphatic rings. The van der Waals surface area contributed by atoms with E-state index in [0.717, 1.165) is 22.1 Å². The normalized spacial score (nSPS) is 19.1. The molecule has 0 atom stereocenters. The van der Waals surface area contributed by atoms with Crippen molar-refractivity contribution in [3.05, 3.63) is 48.5 Å². The highest BCUT2D eigenvalue weighted by Crippen LogP contribution is 2.37. The first-order valence-corrected chi connectivity index (χ1v) is 8.18. The van der Waals surface area contributed by atoms with E-state index in [0.29, 0.717) is 5.89 Å². The summed E-state index contributed by atoms with van der Waals surface area (Å²) in [5, 5.41) is 0. The van der Waals surface area contributed by atoms with Crippen LogP contribution in [-0.4, -0.2) is 23.3 Å². The van der Waals surface area contributed by atoms with Gasteiger partial charge in [-0.05, 0) is 51.4 Å². The van der Waals surface area contributed by atoms with Gasteiger partial charge in [-0.2, -0.15) is 0 Å². The molecule has 0 amide bonds. The van der Waals surface area contributed by atoms with E-state index in [4.69, 9.17) is 13.7 Å². The van der Waals surface area contributed by atoms with Gasteiger partial charge in [-0.25, -0.2) is 4.98 Å². The van der Waals surface area contributed by atoms with Crippen molar-refractivity contribution >= 4 is 23.7 Å². The van der Waals surface area contributed by atoms with Crippen molar-refractivity contribution in [2.24, 2.45) is 0 Å². The standard InChI is InChI=1S/C19H20BNO3/c1-18(2)19(3,4)24-20(23-18)14-10-6-5-9-13(14)17-21-15-11-7-8-12-16(15)22-17/h5-12H,1-4H3. The molecule has 1 saturated heterocycles. The quantitative estimate of drug-likeness (QED) is 0.674. The van der Waals surface area contributed by atoms with Crippen LogP contribution in [0.3, 0.4) is 0 Å². The Hall–Kier alpha value is -2.11. The first-order chi connectivity index (χ1) is 11.4. The number of hydrogen-bond donors (Lipinski definition) is 0. The molecule has 4 rings (SSSR count). The molecule has 24 heavy (non-hydrogen) atoms. The molecule has 2 heterocycles. The maximum atomic E-state index is 6.19. The molecule has 1 aromatic heterocycles. The van der Waals surface area contributed by atoms with E-state index in [-0.39, 0.29) is 11.2 Å². The van der Waals surface area contributed by atoms with Crippen LogP contribution in [0.25, 0.3) is 22.6 Å². The number of oxazole rings is 1. The zero-order valence-corrected chi connectivity index (χ0v) is 14.4. The fourth-order valence-corrected chi connectivity index (χ4v) is 2.85. The van der Waals surface area contributed by atoms with Crippen molar-refractivity contribution in [2.45, 2.75) is 38.9 Å². The van der Waals surface area contributed by atoms with E-state index < -0.39 is 7.12 Å². The predicted molar refractivity (Wildman–Crippen MR) is 95.2 cm³/mol. The van der Waals surface area contributed by atoms with Crippen molar-refractivity contribution in [1.29, 1.82) is 0 Å². The molecule has 1 fully saturated rings. The van der Waals surface area contributed by atoms with Crippen LogP contribution >= 0.6 is 0 Å². The average Bonchev–Trinajstić information content (AvgIpc) is 3.06. The SMILES string of the molecule is CC1(C)OB(c2ccccc2-c2nc3ccccc3o2)OC1(C)C. The number of fused-ring (bicyclic) bond motifs is 1. The highest BCUT2D eigenvalue weighted by molar-refractivity contribution is 6.63. The smallest absolute Gasteiger partial charge is 0.436 e. The molecule has 0 spiro atoms. The van der Waals surface area contributed by atoms with Crippen molar-refractivity contribution in [1.82, 2.24) is 4.98 Å². The second-order valence-electron chi connectivity index (χ2n) is 7.16. The highest BCUT2D eigenvalue weighted by atomic mass is 16.7. The molecule has 0 radical (unpaired) electrons. The minimum absolute atomic E-state index is 0.383. The molecule has 0 saturated carbocycles. The van der Waals surface area contributed by atoms with Crippen LogP contribution in [-0.2, 0) is 9.31 Å². The Morgan fingerprint density at radius 2 is 1.46 bits per heavy atom. The van der Waals surface area contributed by atoms with Gasteiger partial charge in [0, 0.05) is 5.56 Å². The molecule has 5 heteroatoms. The molecular formula is C19H20BNO3. The Labute approximate surface area is 141 Å². The summed E-state index contributed by atoms with van der Waals surface area (Å²) in [5.41, 5.74) is 2.68. The van der Waals surface area contributed by atoms with Crippen molar-refractivity contribution < 1.29 is 13.7 Å². The average molecular weight is 321 g/mol. The van der Waals surface area contributed by atoms with Crippen molar-refractivity contribution in [3.63, 3.8) is 0 Å². The van der Waals surface area contributed by atoms with Crippen LogP contribution in [0.2, 0.25) is 0 Å². The molecule has 3 aromatic rings. The molecule has 0 N–H and O–H groups in total. The van der Waals surface area contributed by atoms with Gasteiger partial charge < -0.3 is 13.7 Å². The Morgan fingerprint density at radius 1 is 0.833 bits per heavy atom. The largest absolute Gasteiger partial charge is 0.495 e. The van der Waals surface area contributed by atoms with E-state index in [1.54, 1.807) is 0 Å². The monoisotopic (exact) mass is 321 g/mol.